The van der Waals surface area contributed by atoms with Crippen molar-refractivity contribution in [3.63, 3.8) is 0 Å². The van der Waals surface area contributed by atoms with E-state index < -0.39 is 0 Å². The molecule has 4 N–H and O–H groups in total. The van der Waals surface area contributed by atoms with E-state index in [1.54, 1.807) is 12.1 Å². The summed E-state index contributed by atoms with van der Waals surface area (Å²) in [7, 11) is 0. The van der Waals surface area contributed by atoms with E-state index in [2.05, 4.69) is 10.6 Å². The molecule has 2 aromatic rings. The molecule has 2 aromatic carbocycles. The molecule has 4 heteroatoms. The van der Waals surface area contributed by atoms with E-state index in [1.165, 1.54) is 0 Å². The monoisotopic (exact) mass is 267 g/mol. The minimum absolute atomic E-state index is 0.0711. The number of carbonyl (C=O) groups is 1. The molecule has 0 atom stereocenters. The molecule has 102 valence electrons. The van der Waals surface area contributed by atoms with Crippen LogP contribution in [-0.2, 0) is 0 Å². The van der Waals surface area contributed by atoms with Crippen LogP contribution in [0.15, 0.2) is 48.5 Å². The number of nitrogens with one attached hydrogen (secondary N) is 2. The third-order valence-electron chi connectivity index (χ3n) is 3.25. The number of anilines is 3. The van der Waals surface area contributed by atoms with Crippen molar-refractivity contribution in [1.29, 1.82) is 0 Å². The molecular formula is C16H17N3O. The van der Waals surface area contributed by atoms with Gasteiger partial charge < -0.3 is 16.4 Å². The smallest absolute Gasteiger partial charge is 0.253 e. The van der Waals surface area contributed by atoms with Gasteiger partial charge in [0.15, 0.2) is 0 Å². The fourth-order valence-corrected chi connectivity index (χ4v) is 2.03. The van der Waals surface area contributed by atoms with E-state index >= 15 is 0 Å². The Morgan fingerprint density at radius 1 is 1.10 bits per heavy atom. The van der Waals surface area contributed by atoms with Crippen molar-refractivity contribution in [2.45, 2.75) is 18.9 Å². The molecule has 0 heterocycles. The lowest BCUT2D eigenvalue weighted by Gasteiger charge is -2.13. The highest BCUT2D eigenvalue weighted by molar-refractivity contribution is 6.01. The highest BCUT2D eigenvalue weighted by Gasteiger charge is 2.25. The first-order valence-corrected chi connectivity index (χ1v) is 6.75. The Morgan fingerprint density at radius 2 is 1.85 bits per heavy atom. The van der Waals surface area contributed by atoms with Crippen LogP contribution in [0.5, 0.6) is 0 Å². The van der Waals surface area contributed by atoms with Gasteiger partial charge in [0.25, 0.3) is 5.91 Å². The van der Waals surface area contributed by atoms with Crippen molar-refractivity contribution in [2.24, 2.45) is 0 Å². The van der Waals surface area contributed by atoms with Gasteiger partial charge >= 0.3 is 0 Å². The van der Waals surface area contributed by atoms with E-state index in [-0.39, 0.29) is 5.91 Å². The topological polar surface area (TPSA) is 67.1 Å². The van der Waals surface area contributed by atoms with Crippen LogP contribution in [0.25, 0.3) is 0 Å². The number of hydrogen-bond donors (Lipinski definition) is 3. The van der Waals surface area contributed by atoms with Crippen molar-refractivity contribution in [3.05, 3.63) is 54.1 Å². The summed E-state index contributed by atoms with van der Waals surface area (Å²) in [6.45, 7) is 0. The molecule has 1 amide bonds. The van der Waals surface area contributed by atoms with E-state index in [0.29, 0.717) is 17.3 Å². The Bertz CT molecular complexity index is 621. The Balaban J connectivity index is 1.87. The van der Waals surface area contributed by atoms with Gasteiger partial charge in [-0.15, -0.1) is 0 Å². The summed E-state index contributed by atoms with van der Waals surface area (Å²) in [5.41, 5.74) is 8.68. The van der Waals surface area contributed by atoms with Crippen LogP contribution in [0, 0.1) is 0 Å². The second-order valence-electron chi connectivity index (χ2n) is 5.04. The molecule has 0 spiro atoms. The molecule has 0 radical (unpaired) electrons. The van der Waals surface area contributed by atoms with Gasteiger partial charge in [-0.05, 0) is 43.2 Å². The molecule has 1 saturated carbocycles. The van der Waals surface area contributed by atoms with Gasteiger partial charge in [-0.3, -0.25) is 4.79 Å². The van der Waals surface area contributed by atoms with Crippen molar-refractivity contribution in [1.82, 2.24) is 5.32 Å². The summed E-state index contributed by atoms with van der Waals surface area (Å²) in [6, 6.07) is 15.4. The molecule has 3 rings (SSSR count). The largest absolute Gasteiger partial charge is 0.399 e. The average Bonchev–Trinajstić information content (AvgIpc) is 3.26. The van der Waals surface area contributed by atoms with Crippen LogP contribution in [0.3, 0.4) is 0 Å². The van der Waals surface area contributed by atoms with E-state index in [4.69, 9.17) is 5.73 Å². The summed E-state index contributed by atoms with van der Waals surface area (Å²) in [5, 5.41) is 6.25. The van der Waals surface area contributed by atoms with Gasteiger partial charge in [-0.2, -0.15) is 0 Å². The van der Waals surface area contributed by atoms with Gasteiger partial charge in [0.05, 0.1) is 11.3 Å². The maximum Gasteiger partial charge on any atom is 0.253 e. The number of benzene rings is 2. The Morgan fingerprint density at radius 3 is 2.55 bits per heavy atom. The van der Waals surface area contributed by atoms with Gasteiger partial charge in [0.2, 0.25) is 0 Å². The molecule has 20 heavy (non-hydrogen) atoms. The quantitative estimate of drug-likeness (QED) is 0.746. The number of carbonyl (C=O) groups excluding carboxylic acids is 1. The van der Waals surface area contributed by atoms with Crippen LogP contribution >= 0.6 is 0 Å². The van der Waals surface area contributed by atoms with Gasteiger partial charge in [-0.1, -0.05) is 18.2 Å². The zero-order valence-electron chi connectivity index (χ0n) is 11.1. The van der Waals surface area contributed by atoms with Crippen LogP contribution < -0.4 is 16.4 Å². The predicted molar refractivity (Wildman–Crippen MR) is 81.1 cm³/mol. The fourth-order valence-electron chi connectivity index (χ4n) is 2.03. The van der Waals surface area contributed by atoms with Crippen LogP contribution in [0.4, 0.5) is 17.1 Å². The normalized spacial score (nSPS) is 13.8. The summed E-state index contributed by atoms with van der Waals surface area (Å²) in [5.74, 6) is -0.0711. The van der Waals surface area contributed by atoms with Crippen molar-refractivity contribution in [3.8, 4) is 0 Å². The average molecular weight is 267 g/mol. The number of rotatable bonds is 4. The molecular weight excluding hydrogens is 250 g/mol. The number of hydrogen-bond acceptors (Lipinski definition) is 3. The third kappa shape index (κ3) is 2.91. The molecule has 0 unspecified atom stereocenters. The van der Waals surface area contributed by atoms with Gasteiger partial charge in [0.1, 0.15) is 0 Å². The molecule has 1 aliphatic carbocycles. The molecule has 0 bridgehead atoms. The van der Waals surface area contributed by atoms with Crippen molar-refractivity contribution >= 4 is 23.0 Å². The van der Waals surface area contributed by atoms with Crippen LogP contribution in [0.1, 0.15) is 23.2 Å². The minimum atomic E-state index is -0.0711. The predicted octanol–water partition coefficient (Wildman–Crippen LogP) is 2.90. The Kier molecular flexibility index (Phi) is 3.29. The summed E-state index contributed by atoms with van der Waals surface area (Å²) < 4.78 is 0. The third-order valence-corrected chi connectivity index (χ3v) is 3.25. The van der Waals surface area contributed by atoms with Gasteiger partial charge in [0, 0.05) is 17.4 Å². The maximum atomic E-state index is 12.3. The zero-order valence-corrected chi connectivity index (χ0v) is 11.1. The number of nitrogens with two attached hydrogens (primary N) is 1. The lowest BCUT2D eigenvalue weighted by Crippen LogP contribution is -2.26. The molecule has 1 fully saturated rings. The van der Waals surface area contributed by atoms with Crippen LogP contribution in [0.2, 0.25) is 0 Å². The molecule has 0 aliphatic heterocycles. The standard InChI is InChI=1S/C16H17N3O/c17-11-6-9-15(18-12-4-2-1-3-5-12)14(10-11)16(20)19-13-7-8-13/h1-6,9-10,13,18H,7-8,17H2,(H,19,20). The number of nitrogen functional groups attached to an aromatic ring is 1. The molecule has 0 aromatic heterocycles. The Labute approximate surface area is 118 Å². The summed E-state index contributed by atoms with van der Waals surface area (Å²) in [6.07, 6.45) is 2.13. The fraction of sp³-hybridized carbons (Fsp3) is 0.188. The second-order valence-corrected chi connectivity index (χ2v) is 5.04. The first-order valence-electron chi connectivity index (χ1n) is 6.75. The van der Waals surface area contributed by atoms with E-state index in [0.717, 1.165) is 24.2 Å². The van der Waals surface area contributed by atoms with Crippen LogP contribution in [-0.4, -0.2) is 11.9 Å². The van der Waals surface area contributed by atoms with E-state index in [1.807, 2.05) is 36.4 Å². The Hall–Kier alpha value is -2.49. The van der Waals surface area contributed by atoms with Crippen molar-refractivity contribution < 1.29 is 4.79 Å². The first kappa shape index (κ1) is 12.5. The SMILES string of the molecule is Nc1ccc(Nc2ccccc2)c(C(=O)NC2CC2)c1. The van der Waals surface area contributed by atoms with E-state index in [9.17, 15) is 4.79 Å². The molecule has 4 nitrogen and oxygen atoms in total. The van der Waals surface area contributed by atoms with Crippen molar-refractivity contribution in [2.75, 3.05) is 11.1 Å². The zero-order chi connectivity index (χ0) is 13.9. The first-order chi connectivity index (χ1) is 9.72. The lowest BCUT2D eigenvalue weighted by atomic mass is 10.1. The molecule has 0 saturated heterocycles. The van der Waals surface area contributed by atoms with Gasteiger partial charge in [-0.25, -0.2) is 0 Å². The maximum absolute atomic E-state index is 12.3. The summed E-state index contributed by atoms with van der Waals surface area (Å²) in [4.78, 5) is 12.3. The highest BCUT2D eigenvalue weighted by atomic mass is 16.1. The molecule has 1 aliphatic rings. The summed E-state index contributed by atoms with van der Waals surface area (Å²) >= 11 is 0. The second kappa shape index (κ2) is 5.25. The lowest BCUT2D eigenvalue weighted by molar-refractivity contribution is 0.0952. The highest BCUT2D eigenvalue weighted by Crippen LogP contribution is 2.25. The number of amides is 1. The number of para-hydroxylation sites is 1. The minimum Gasteiger partial charge on any atom is -0.399 e.